The molecule has 1 rings (SSSR count). The molecule has 0 N–H and O–H groups in total. The molecule has 2 nitrogen and oxygen atoms in total. The molecule has 0 radical (unpaired) electrons. The van der Waals surface area contributed by atoms with Crippen LogP contribution in [0.2, 0.25) is 0 Å². The molecule has 0 saturated carbocycles. The fourth-order valence-electron chi connectivity index (χ4n) is 0.227. The number of carbonyl (C=O) groups excluding carboxylic acids is 1. The minimum atomic E-state index is 1.32. The summed E-state index contributed by atoms with van der Waals surface area (Å²) in [4.78, 5) is 8.99. The van der Waals surface area contributed by atoms with E-state index < -0.39 is 0 Å². The maximum absolute atomic E-state index is 8.99. The molecule has 0 bridgehead atoms. The van der Waals surface area contributed by atoms with Gasteiger partial charge in [-0.05, 0) is 25.1 Å². The lowest BCUT2D eigenvalue weighted by Crippen LogP contribution is -1.32. The highest BCUT2D eigenvalue weighted by atomic mass is 16.3. The first-order valence-electron chi connectivity index (χ1n) is 2.54. The summed E-state index contributed by atoms with van der Waals surface area (Å²) in [6, 6.07) is 3.67. The normalized spacial score (nSPS) is 6.33. The monoisotopic (exact) mass is 124 g/mol. The van der Waals surface area contributed by atoms with Crippen LogP contribution in [-0.2, 0) is 4.79 Å². The van der Waals surface area contributed by atoms with E-state index in [1.165, 1.54) is 6.08 Å². The predicted molar refractivity (Wildman–Crippen MR) is 34.6 cm³/mol. The van der Waals surface area contributed by atoms with Crippen molar-refractivity contribution in [2.75, 3.05) is 0 Å². The lowest BCUT2D eigenvalue weighted by Gasteiger charge is -1.50. The SMILES string of the molecule is CC=C=O.c1ccoc1. The molecule has 0 aliphatic heterocycles. The lowest BCUT2D eigenvalue weighted by atomic mass is 10.7. The highest BCUT2D eigenvalue weighted by molar-refractivity contribution is 5.43. The van der Waals surface area contributed by atoms with Crippen molar-refractivity contribution in [3.05, 3.63) is 30.7 Å². The third-order valence-electron chi connectivity index (χ3n) is 0.543. The molecule has 1 aromatic rings. The van der Waals surface area contributed by atoms with E-state index >= 15 is 0 Å². The number of hydrogen-bond acceptors (Lipinski definition) is 2. The summed E-state index contributed by atoms with van der Waals surface area (Å²) in [5, 5.41) is 0. The van der Waals surface area contributed by atoms with Crippen molar-refractivity contribution in [1.29, 1.82) is 0 Å². The lowest BCUT2D eigenvalue weighted by molar-refractivity contribution is 0.567. The fraction of sp³-hybridized carbons (Fsp3) is 0.143. The van der Waals surface area contributed by atoms with Crippen LogP contribution >= 0.6 is 0 Å². The quantitative estimate of drug-likeness (QED) is 0.492. The Morgan fingerprint density at radius 3 is 2.00 bits per heavy atom. The van der Waals surface area contributed by atoms with Crippen LogP contribution in [-0.4, -0.2) is 5.94 Å². The van der Waals surface area contributed by atoms with Crippen LogP contribution in [0.1, 0.15) is 6.92 Å². The molecule has 1 heterocycles. The molecule has 0 spiro atoms. The Balaban J connectivity index is 0.000000148. The number of allylic oxidation sites excluding steroid dienone is 1. The van der Waals surface area contributed by atoms with Crippen molar-refractivity contribution in [2.45, 2.75) is 6.92 Å². The highest BCUT2D eigenvalue weighted by Gasteiger charge is 1.58. The molecule has 1 aromatic heterocycles. The van der Waals surface area contributed by atoms with Gasteiger partial charge in [0, 0.05) is 0 Å². The van der Waals surface area contributed by atoms with Crippen molar-refractivity contribution >= 4 is 5.94 Å². The smallest absolute Gasteiger partial charge is 0.119 e. The first-order valence-corrected chi connectivity index (χ1v) is 2.54. The second-order valence-electron chi connectivity index (χ2n) is 1.20. The first kappa shape index (κ1) is 7.73. The minimum Gasteiger partial charge on any atom is -0.473 e. The summed E-state index contributed by atoms with van der Waals surface area (Å²) in [5.41, 5.74) is 0. The van der Waals surface area contributed by atoms with Gasteiger partial charge in [0.05, 0.1) is 12.5 Å². The Labute approximate surface area is 53.8 Å². The van der Waals surface area contributed by atoms with Gasteiger partial charge in [0.15, 0.2) is 0 Å². The Hall–Kier alpha value is -1.27. The zero-order valence-electron chi connectivity index (χ0n) is 5.20. The van der Waals surface area contributed by atoms with Gasteiger partial charge in [-0.2, -0.15) is 0 Å². The van der Waals surface area contributed by atoms with E-state index in [0.717, 1.165) is 0 Å². The van der Waals surface area contributed by atoms with E-state index in [4.69, 9.17) is 4.79 Å². The second kappa shape index (κ2) is 6.73. The molecule has 2 heteroatoms. The van der Waals surface area contributed by atoms with E-state index in [-0.39, 0.29) is 0 Å². The molecule has 48 valence electrons. The molecule has 0 aliphatic rings. The summed E-state index contributed by atoms with van der Waals surface area (Å²) in [5.74, 6) is 1.56. The molecule has 0 aliphatic carbocycles. The highest BCUT2D eigenvalue weighted by Crippen LogP contribution is 1.79. The molecule has 0 fully saturated rings. The molecule has 0 atom stereocenters. The molecule has 0 amide bonds. The third kappa shape index (κ3) is 6.73. The van der Waals surface area contributed by atoms with Crippen molar-refractivity contribution in [3.8, 4) is 0 Å². The second-order valence-corrected chi connectivity index (χ2v) is 1.20. The number of hydrogen-bond donors (Lipinski definition) is 0. The number of furan rings is 1. The molecule has 0 unspecified atom stereocenters. The van der Waals surface area contributed by atoms with Crippen LogP contribution in [0.3, 0.4) is 0 Å². The van der Waals surface area contributed by atoms with E-state index in [0.29, 0.717) is 0 Å². The molecule has 0 saturated heterocycles. The summed E-state index contributed by atoms with van der Waals surface area (Å²) in [6.45, 7) is 1.63. The molecule has 9 heavy (non-hydrogen) atoms. The fourth-order valence-corrected chi connectivity index (χ4v) is 0.227. The van der Waals surface area contributed by atoms with Crippen LogP contribution in [0, 0.1) is 0 Å². The Bertz CT molecular complexity index is 142. The molecular formula is C7H8O2. The van der Waals surface area contributed by atoms with Crippen molar-refractivity contribution in [2.24, 2.45) is 0 Å². The number of rotatable bonds is 0. The van der Waals surface area contributed by atoms with Crippen LogP contribution < -0.4 is 0 Å². The Morgan fingerprint density at radius 2 is 1.89 bits per heavy atom. The maximum Gasteiger partial charge on any atom is 0.119 e. The van der Waals surface area contributed by atoms with Gasteiger partial charge in [0.2, 0.25) is 0 Å². The van der Waals surface area contributed by atoms with Crippen LogP contribution in [0.15, 0.2) is 35.2 Å². The van der Waals surface area contributed by atoms with E-state index in [9.17, 15) is 0 Å². The van der Waals surface area contributed by atoms with Gasteiger partial charge in [-0.1, -0.05) is 0 Å². The zero-order chi connectivity index (χ0) is 6.95. The van der Waals surface area contributed by atoms with Gasteiger partial charge < -0.3 is 4.42 Å². The summed E-state index contributed by atoms with van der Waals surface area (Å²) in [6.07, 6.45) is 4.57. The summed E-state index contributed by atoms with van der Waals surface area (Å²) in [7, 11) is 0. The van der Waals surface area contributed by atoms with E-state index in [1.54, 1.807) is 25.4 Å². The Kier molecular flexibility index (Phi) is 5.78. The third-order valence-corrected chi connectivity index (χ3v) is 0.543. The maximum atomic E-state index is 8.99. The van der Waals surface area contributed by atoms with Crippen LogP contribution in [0.4, 0.5) is 0 Å². The topological polar surface area (TPSA) is 30.2 Å². The predicted octanol–water partition coefficient (Wildman–Crippen LogP) is 1.67. The van der Waals surface area contributed by atoms with Crippen LogP contribution in [0.5, 0.6) is 0 Å². The van der Waals surface area contributed by atoms with Crippen LogP contribution in [0.25, 0.3) is 0 Å². The summed E-state index contributed by atoms with van der Waals surface area (Å²) < 4.78 is 4.58. The average molecular weight is 124 g/mol. The van der Waals surface area contributed by atoms with Gasteiger partial charge in [-0.3, -0.25) is 0 Å². The molecular weight excluding hydrogens is 116 g/mol. The first-order chi connectivity index (χ1) is 4.41. The largest absolute Gasteiger partial charge is 0.473 e. The van der Waals surface area contributed by atoms with Crippen molar-refractivity contribution in [1.82, 2.24) is 0 Å². The van der Waals surface area contributed by atoms with E-state index in [1.807, 2.05) is 12.1 Å². The standard InChI is InChI=1S/C4H4O.C3H4O/c1-2-4-5-3-1;1-2-3-4/h1-4H;2H,1H3. The minimum absolute atomic E-state index is 1.32. The van der Waals surface area contributed by atoms with E-state index in [2.05, 4.69) is 4.42 Å². The van der Waals surface area contributed by atoms with Gasteiger partial charge in [0.1, 0.15) is 5.94 Å². The van der Waals surface area contributed by atoms with Gasteiger partial charge in [-0.25, -0.2) is 4.79 Å². The van der Waals surface area contributed by atoms with Gasteiger partial charge in [-0.15, -0.1) is 0 Å². The Morgan fingerprint density at radius 1 is 1.44 bits per heavy atom. The zero-order valence-corrected chi connectivity index (χ0v) is 5.20. The molecule has 0 aromatic carbocycles. The van der Waals surface area contributed by atoms with Gasteiger partial charge >= 0.3 is 0 Å². The average Bonchev–Trinajstić information content (AvgIpc) is 2.43. The van der Waals surface area contributed by atoms with Crippen molar-refractivity contribution in [3.63, 3.8) is 0 Å². The van der Waals surface area contributed by atoms with Gasteiger partial charge in [0.25, 0.3) is 0 Å². The van der Waals surface area contributed by atoms with Crippen molar-refractivity contribution < 1.29 is 9.21 Å². The summed E-state index contributed by atoms with van der Waals surface area (Å²) >= 11 is 0.